The summed E-state index contributed by atoms with van der Waals surface area (Å²) in [6, 6.07) is 6.65. The maximum atomic E-state index is 11.9. The van der Waals surface area contributed by atoms with Gasteiger partial charge in [0.25, 0.3) is 0 Å². The molecule has 1 aromatic carbocycles. The highest BCUT2D eigenvalue weighted by Gasteiger charge is 2.27. The summed E-state index contributed by atoms with van der Waals surface area (Å²) in [5.41, 5.74) is 0.722. The Bertz CT molecular complexity index is 578. The van der Waals surface area contributed by atoms with Crippen LogP contribution in [-0.4, -0.2) is 20.7 Å². The molecule has 90 valence electrons. The summed E-state index contributed by atoms with van der Waals surface area (Å²) in [6.07, 6.45) is 1.47. The lowest BCUT2D eigenvalue weighted by atomic mass is 10.2. The van der Waals surface area contributed by atoms with Crippen molar-refractivity contribution in [2.75, 3.05) is 16.6 Å². The second-order valence-electron chi connectivity index (χ2n) is 3.87. The van der Waals surface area contributed by atoms with Crippen molar-refractivity contribution in [3.8, 4) is 6.07 Å². The number of anilines is 1. The first-order chi connectivity index (χ1) is 8.04. The molecular formula is C11H11ClN2O2S. The molecule has 6 heteroatoms. The molecule has 1 aliphatic heterocycles. The number of nitrogens with zero attached hydrogens (tertiary/aromatic N) is 2. The largest absolute Gasteiger partial charge is 0.269 e. The molecule has 1 heterocycles. The number of sulfonamides is 1. The van der Waals surface area contributed by atoms with Crippen LogP contribution in [0, 0.1) is 11.3 Å². The van der Waals surface area contributed by atoms with Gasteiger partial charge in [-0.15, -0.1) is 0 Å². The van der Waals surface area contributed by atoms with E-state index in [1.54, 1.807) is 12.1 Å². The Hall–Kier alpha value is -1.25. The quantitative estimate of drug-likeness (QED) is 0.785. The minimum Gasteiger partial charge on any atom is -0.269 e. The summed E-state index contributed by atoms with van der Waals surface area (Å²) in [4.78, 5) is 0. The Kier molecular flexibility index (Phi) is 3.27. The van der Waals surface area contributed by atoms with Gasteiger partial charge in [-0.05, 0) is 31.0 Å². The molecule has 0 spiro atoms. The van der Waals surface area contributed by atoms with Crippen molar-refractivity contribution in [3.05, 3.63) is 28.8 Å². The van der Waals surface area contributed by atoms with Crippen LogP contribution in [0.5, 0.6) is 0 Å². The van der Waals surface area contributed by atoms with Crippen LogP contribution in [0.1, 0.15) is 18.4 Å². The minimum atomic E-state index is -3.30. The van der Waals surface area contributed by atoms with E-state index >= 15 is 0 Å². The first-order valence-corrected chi connectivity index (χ1v) is 7.23. The summed E-state index contributed by atoms with van der Waals surface area (Å²) in [7, 11) is -3.30. The van der Waals surface area contributed by atoms with Gasteiger partial charge in [-0.2, -0.15) is 5.26 Å². The smallest absolute Gasteiger partial charge is 0.235 e. The van der Waals surface area contributed by atoms with Crippen LogP contribution < -0.4 is 4.31 Å². The molecule has 0 aliphatic carbocycles. The standard InChI is InChI=1S/C11H11ClN2O2S/c12-10-4-3-9(8-13)11(7-10)14-5-1-2-6-17(14,15)16/h3-4,7H,1-2,5-6H2. The summed E-state index contributed by atoms with van der Waals surface area (Å²) in [6.45, 7) is 0.414. The third kappa shape index (κ3) is 2.38. The molecule has 2 rings (SSSR count). The van der Waals surface area contributed by atoms with E-state index in [1.165, 1.54) is 10.4 Å². The molecule has 1 aliphatic rings. The summed E-state index contributed by atoms with van der Waals surface area (Å²) in [5.74, 6) is 0.129. The minimum absolute atomic E-state index is 0.129. The molecule has 17 heavy (non-hydrogen) atoms. The lowest BCUT2D eigenvalue weighted by molar-refractivity contribution is 0.574. The summed E-state index contributed by atoms with van der Waals surface area (Å²) >= 11 is 5.86. The zero-order valence-corrected chi connectivity index (χ0v) is 10.6. The van der Waals surface area contributed by atoms with Gasteiger partial charge in [-0.3, -0.25) is 4.31 Å². The number of rotatable bonds is 1. The van der Waals surface area contributed by atoms with Crippen LogP contribution >= 0.6 is 11.6 Å². The molecule has 0 bridgehead atoms. The van der Waals surface area contributed by atoms with Gasteiger partial charge in [0, 0.05) is 11.6 Å². The second kappa shape index (κ2) is 4.55. The average molecular weight is 271 g/mol. The maximum absolute atomic E-state index is 11.9. The first-order valence-electron chi connectivity index (χ1n) is 5.25. The van der Waals surface area contributed by atoms with Gasteiger partial charge in [-0.25, -0.2) is 8.42 Å². The Balaban J connectivity index is 2.53. The molecule has 0 amide bonds. The maximum Gasteiger partial charge on any atom is 0.235 e. The fourth-order valence-corrected chi connectivity index (χ4v) is 3.68. The Labute approximate surface area is 105 Å². The highest BCUT2D eigenvalue weighted by atomic mass is 35.5. The average Bonchev–Trinajstić information content (AvgIpc) is 2.28. The Morgan fingerprint density at radius 1 is 1.35 bits per heavy atom. The van der Waals surface area contributed by atoms with Gasteiger partial charge in [-0.1, -0.05) is 11.6 Å². The monoisotopic (exact) mass is 270 g/mol. The number of nitriles is 1. The van der Waals surface area contributed by atoms with E-state index in [2.05, 4.69) is 0 Å². The predicted octanol–water partition coefficient (Wildman–Crippen LogP) is 2.14. The van der Waals surface area contributed by atoms with Crippen molar-refractivity contribution in [3.63, 3.8) is 0 Å². The molecule has 1 aromatic rings. The predicted molar refractivity (Wildman–Crippen MR) is 66.5 cm³/mol. The fraction of sp³-hybridized carbons (Fsp3) is 0.364. The molecule has 0 atom stereocenters. The van der Waals surface area contributed by atoms with Crippen LogP contribution in [0.3, 0.4) is 0 Å². The van der Waals surface area contributed by atoms with Crippen molar-refractivity contribution in [1.82, 2.24) is 0 Å². The molecule has 0 radical (unpaired) electrons. The van der Waals surface area contributed by atoms with E-state index in [1.807, 2.05) is 6.07 Å². The molecular weight excluding hydrogens is 260 g/mol. The van der Waals surface area contributed by atoms with E-state index in [0.717, 1.165) is 6.42 Å². The molecule has 1 fully saturated rings. The van der Waals surface area contributed by atoms with Gasteiger partial charge in [0.05, 0.1) is 17.0 Å². The van der Waals surface area contributed by atoms with E-state index < -0.39 is 10.0 Å². The highest BCUT2D eigenvalue weighted by molar-refractivity contribution is 7.92. The molecule has 0 aromatic heterocycles. The zero-order chi connectivity index (χ0) is 12.5. The molecule has 0 N–H and O–H groups in total. The Morgan fingerprint density at radius 3 is 2.76 bits per heavy atom. The number of hydrogen-bond acceptors (Lipinski definition) is 3. The Morgan fingerprint density at radius 2 is 2.12 bits per heavy atom. The zero-order valence-electron chi connectivity index (χ0n) is 9.06. The van der Waals surface area contributed by atoms with E-state index in [-0.39, 0.29) is 5.75 Å². The molecule has 0 unspecified atom stereocenters. The second-order valence-corrected chi connectivity index (χ2v) is 6.32. The summed E-state index contributed by atoms with van der Waals surface area (Å²) < 4.78 is 25.2. The van der Waals surface area contributed by atoms with Gasteiger partial charge < -0.3 is 0 Å². The SMILES string of the molecule is N#Cc1ccc(Cl)cc1N1CCCCS1(=O)=O. The van der Waals surface area contributed by atoms with Gasteiger partial charge in [0.15, 0.2) is 0 Å². The van der Waals surface area contributed by atoms with Crippen LogP contribution in [-0.2, 0) is 10.0 Å². The van der Waals surface area contributed by atoms with E-state index in [0.29, 0.717) is 29.2 Å². The third-order valence-electron chi connectivity index (χ3n) is 2.70. The molecule has 4 nitrogen and oxygen atoms in total. The van der Waals surface area contributed by atoms with Crippen molar-refractivity contribution >= 4 is 27.3 Å². The fourth-order valence-electron chi connectivity index (χ4n) is 1.87. The number of hydrogen-bond donors (Lipinski definition) is 0. The lowest BCUT2D eigenvalue weighted by Gasteiger charge is -2.28. The third-order valence-corrected chi connectivity index (χ3v) is 4.79. The van der Waals surface area contributed by atoms with Crippen molar-refractivity contribution in [2.45, 2.75) is 12.8 Å². The van der Waals surface area contributed by atoms with Crippen LogP contribution in [0.4, 0.5) is 5.69 Å². The summed E-state index contributed by atoms with van der Waals surface area (Å²) in [5, 5.41) is 9.43. The van der Waals surface area contributed by atoms with Crippen LogP contribution in [0.2, 0.25) is 5.02 Å². The normalized spacial score (nSPS) is 18.7. The topological polar surface area (TPSA) is 61.2 Å². The molecule has 1 saturated heterocycles. The van der Waals surface area contributed by atoms with Crippen molar-refractivity contribution < 1.29 is 8.42 Å². The van der Waals surface area contributed by atoms with Gasteiger partial charge in [0.1, 0.15) is 6.07 Å². The van der Waals surface area contributed by atoms with E-state index in [9.17, 15) is 8.42 Å². The first kappa shape index (κ1) is 12.2. The van der Waals surface area contributed by atoms with Crippen molar-refractivity contribution in [1.29, 1.82) is 5.26 Å². The van der Waals surface area contributed by atoms with E-state index in [4.69, 9.17) is 16.9 Å². The number of halogens is 1. The molecule has 0 saturated carbocycles. The lowest BCUT2D eigenvalue weighted by Crippen LogP contribution is -2.38. The highest BCUT2D eigenvalue weighted by Crippen LogP contribution is 2.29. The van der Waals surface area contributed by atoms with Gasteiger partial charge >= 0.3 is 0 Å². The van der Waals surface area contributed by atoms with Crippen LogP contribution in [0.15, 0.2) is 18.2 Å². The van der Waals surface area contributed by atoms with Gasteiger partial charge in [0.2, 0.25) is 10.0 Å². The van der Waals surface area contributed by atoms with Crippen LogP contribution in [0.25, 0.3) is 0 Å². The van der Waals surface area contributed by atoms with Crippen molar-refractivity contribution in [2.24, 2.45) is 0 Å². The number of benzene rings is 1.